The highest BCUT2D eigenvalue weighted by Gasteiger charge is 2.19. The first-order valence-corrected chi connectivity index (χ1v) is 5.17. The summed E-state index contributed by atoms with van der Waals surface area (Å²) in [6, 6.07) is 10.1. The first kappa shape index (κ1) is 11.7. The summed E-state index contributed by atoms with van der Waals surface area (Å²) in [6.07, 6.45) is 0. The van der Waals surface area contributed by atoms with Gasteiger partial charge in [0, 0.05) is 5.54 Å². The van der Waals surface area contributed by atoms with Gasteiger partial charge in [0.2, 0.25) is 0 Å². The molecule has 0 bridgehead atoms. The van der Waals surface area contributed by atoms with Gasteiger partial charge in [-0.2, -0.15) is 5.26 Å². The number of hydrogen-bond acceptors (Lipinski definition) is 2. The van der Waals surface area contributed by atoms with Crippen LogP contribution in [0.5, 0.6) is 0 Å². The summed E-state index contributed by atoms with van der Waals surface area (Å²) < 4.78 is 0. The second-order valence-electron chi connectivity index (χ2n) is 4.81. The standard InChI is InChI=1S/C13H18N2/c1-10-7-5-6-8-11(10)12(9-14)15-13(2,3)4/h5-8,12,15H,1-4H3. The third-order valence-electron chi connectivity index (χ3n) is 2.21. The Balaban J connectivity index is 2.95. The highest BCUT2D eigenvalue weighted by molar-refractivity contribution is 5.32. The molecule has 80 valence electrons. The summed E-state index contributed by atoms with van der Waals surface area (Å²) in [4.78, 5) is 0. The number of nitrogens with one attached hydrogen (secondary N) is 1. The SMILES string of the molecule is Cc1ccccc1C(C#N)NC(C)(C)C. The molecule has 1 unspecified atom stereocenters. The second-order valence-corrected chi connectivity index (χ2v) is 4.81. The molecule has 0 aromatic heterocycles. The predicted octanol–water partition coefficient (Wildman–Crippen LogP) is 2.95. The second kappa shape index (κ2) is 4.46. The highest BCUT2D eigenvalue weighted by atomic mass is 15.0. The molecule has 0 aliphatic carbocycles. The van der Waals surface area contributed by atoms with Gasteiger partial charge in [-0.25, -0.2) is 0 Å². The van der Waals surface area contributed by atoms with Crippen molar-refractivity contribution in [2.45, 2.75) is 39.3 Å². The van der Waals surface area contributed by atoms with Crippen molar-refractivity contribution in [3.8, 4) is 6.07 Å². The molecule has 0 radical (unpaired) electrons. The van der Waals surface area contributed by atoms with Crippen LogP contribution < -0.4 is 5.32 Å². The van der Waals surface area contributed by atoms with Crippen molar-refractivity contribution >= 4 is 0 Å². The van der Waals surface area contributed by atoms with Crippen LogP contribution in [0.15, 0.2) is 24.3 Å². The fourth-order valence-electron chi connectivity index (χ4n) is 1.52. The van der Waals surface area contributed by atoms with Crippen LogP contribution in [0, 0.1) is 18.3 Å². The van der Waals surface area contributed by atoms with E-state index in [1.807, 2.05) is 31.2 Å². The lowest BCUT2D eigenvalue weighted by atomic mass is 9.99. The fraction of sp³-hybridized carbons (Fsp3) is 0.462. The molecule has 2 heteroatoms. The third kappa shape index (κ3) is 3.38. The van der Waals surface area contributed by atoms with Crippen molar-refractivity contribution in [3.63, 3.8) is 0 Å². The molecule has 0 aliphatic heterocycles. The maximum atomic E-state index is 9.15. The first-order valence-electron chi connectivity index (χ1n) is 5.17. The third-order valence-corrected chi connectivity index (χ3v) is 2.21. The molecule has 1 aromatic carbocycles. The molecule has 1 N–H and O–H groups in total. The number of aryl methyl sites for hydroxylation is 1. The van der Waals surface area contributed by atoms with Crippen molar-refractivity contribution in [2.24, 2.45) is 0 Å². The molecule has 0 amide bonds. The Labute approximate surface area is 91.9 Å². The van der Waals surface area contributed by atoms with Crippen molar-refractivity contribution in [1.82, 2.24) is 5.32 Å². The molecular weight excluding hydrogens is 184 g/mol. The minimum atomic E-state index is -0.230. The van der Waals surface area contributed by atoms with Crippen LogP contribution in [0.1, 0.15) is 37.9 Å². The smallest absolute Gasteiger partial charge is 0.122 e. The summed E-state index contributed by atoms with van der Waals surface area (Å²) in [5, 5.41) is 12.5. The summed E-state index contributed by atoms with van der Waals surface area (Å²) in [5.74, 6) is 0. The lowest BCUT2D eigenvalue weighted by Gasteiger charge is -2.25. The number of nitriles is 1. The quantitative estimate of drug-likeness (QED) is 0.800. The maximum Gasteiger partial charge on any atom is 0.122 e. The molecule has 15 heavy (non-hydrogen) atoms. The highest BCUT2D eigenvalue weighted by Crippen LogP contribution is 2.19. The van der Waals surface area contributed by atoms with E-state index in [1.165, 1.54) is 0 Å². The molecule has 0 fully saturated rings. The van der Waals surface area contributed by atoms with Crippen molar-refractivity contribution < 1.29 is 0 Å². The number of nitrogens with zero attached hydrogens (tertiary/aromatic N) is 1. The molecule has 1 rings (SSSR count). The van der Waals surface area contributed by atoms with E-state index >= 15 is 0 Å². The average Bonchev–Trinajstić information content (AvgIpc) is 2.14. The van der Waals surface area contributed by atoms with Crippen molar-refractivity contribution in [2.75, 3.05) is 0 Å². The minimum Gasteiger partial charge on any atom is -0.293 e. The van der Waals surface area contributed by atoms with Crippen LogP contribution in [0.3, 0.4) is 0 Å². The number of hydrogen-bond donors (Lipinski definition) is 1. The van der Waals surface area contributed by atoms with E-state index in [4.69, 9.17) is 5.26 Å². The van der Waals surface area contributed by atoms with Gasteiger partial charge in [-0.15, -0.1) is 0 Å². The maximum absolute atomic E-state index is 9.15. The molecule has 1 aromatic rings. The summed E-state index contributed by atoms with van der Waals surface area (Å²) in [7, 11) is 0. The molecule has 2 nitrogen and oxygen atoms in total. The van der Waals surface area contributed by atoms with E-state index in [9.17, 15) is 0 Å². The van der Waals surface area contributed by atoms with Gasteiger partial charge in [-0.3, -0.25) is 5.32 Å². The fourth-order valence-corrected chi connectivity index (χ4v) is 1.52. The van der Waals surface area contributed by atoms with Crippen LogP contribution in [0.25, 0.3) is 0 Å². The van der Waals surface area contributed by atoms with E-state index in [1.54, 1.807) is 0 Å². The number of rotatable bonds is 2. The van der Waals surface area contributed by atoms with Crippen molar-refractivity contribution in [1.29, 1.82) is 5.26 Å². The average molecular weight is 202 g/mol. The Kier molecular flexibility index (Phi) is 3.49. The Morgan fingerprint density at radius 3 is 2.33 bits per heavy atom. The Morgan fingerprint density at radius 2 is 1.87 bits per heavy atom. The van der Waals surface area contributed by atoms with Gasteiger partial charge in [0.15, 0.2) is 0 Å². The van der Waals surface area contributed by atoms with E-state index in [2.05, 4.69) is 32.2 Å². The van der Waals surface area contributed by atoms with Gasteiger partial charge >= 0.3 is 0 Å². The summed E-state index contributed by atoms with van der Waals surface area (Å²) in [5.41, 5.74) is 2.17. The van der Waals surface area contributed by atoms with Crippen LogP contribution >= 0.6 is 0 Å². The van der Waals surface area contributed by atoms with Gasteiger partial charge in [0.1, 0.15) is 6.04 Å². The van der Waals surface area contributed by atoms with E-state index in [0.29, 0.717) is 0 Å². The minimum absolute atomic E-state index is 0.0529. The zero-order valence-corrected chi connectivity index (χ0v) is 9.83. The Bertz CT molecular complexity index is 369. The van der Waals surface area contributed by atoms with Gasteiger partial charge < -0.3 is 0 Å². The Morgan fingerprint density at radius 1 is 1.27 bits per heavy atom. The molecular formula is C13H18N2. The van der Waals surface area contributed by atoms with Crippen LogP contribution in [-0.4, -0.2) is 5.54 Å². The molecule has 0 spiro atoms. The molecule has 0 saturated heterocycles. The van der Waals surface area contributed by atoms with Gasteiger partial charge in [-0.05, 0) is 38.8 Å². The number of benzene rings is 1. The van der Waals surface area contributed by atoms with E-state index in [0.717, 1.165) is 11.1 Å². The summed E-state index contributed by atoms with van der Waals surface area (Å²) >= 11 is 0. The van der Waals surface area contributed by atoms with E-state index in [-0.39, 0.29) is 11.6 Å². The molecule has 0 aliphatic rings. The lowest BCUT2D eigenvalue weighted by molar-refractivity contribution is 0.400. The van der Waals surface area contributed by atoms with Crippen molar-refractivity contribution in [3.05, 3.63) is 35.4 Å². The zero-order chi connectivity index (χ0) is 11.5. The Hall–Kier alpha value is -1.33. The zero-order valence-electron chi connectivity index (χ0n) is 9.83. The van der Waals surface area contributed by atoms with Crippen LogP contribution in [-0.2, 0) is 0 Å². The van der Waals surface area contributed by atoms with Gasteiger partial charge in [0.25, 0.3) is 0 Å². The normalized spacial score (nSPS) is 13.3. The predicted molar refractivity (Wildman–Crippen MR) is 62.4 cm³/mol. The lowest BCUT2D eigenvalue weighted by Crippen LogP contribution is -2.38. The van der Waals surface area contributed by atoms with Crippen LogP contribution in [0.2, 0.25) is 0 Å². The van der Waals surface area contributed by atoms with Gasteiger partial charge in [0.05, 0.1) is 6.07 Å². The van der Waals surface area contributed by atoms with Crippen LogP contribution in [0.4, 0.5) is 0 Å². The molecule has 1 atom stereocenters. The largest absolute Gasteiger partial charge is 0.293 e. The first-order chi connectivity index (χ1) is 6.94. The topological polar surface area (TPSA) is 35.8 Å². The monoisotopic (exact) mass is 202 g/mol. The molecule has 0 heterocycles. The van der Waals surface area contributed by atoms with E-state index < -0.39 is 0 Å². The summed E-state index contributed by atoms with van der Waals surface area (Å²) in [6.45, 7) is 8.23. The molecule has 0 saturated carbocycles. The van der Waals surface area contributed by atoms with Gasteiger partial charge in [-0.1, -0.05) is 24.3 Å².